The Hall–Kier alpha value is -0.480. The van der Waals surface area contributed by atoms with Gasteiger partial charge in [-0.2, -0.15) is 0 Å². The smallest absolute Gasteiger partial charge is 0.303 e. The number of aliphatic hydroxyl groups is 2. The van der Waals surface area contributed by atoms with Crippen LogP contribution in [0.4, 0.5) is 0 Å². The van der Waals surface area contributed by atoms with Crippen molar-refractivity contribution in [1.82, 2.24) is 0 Å². The second-order valence-electron chi connectivity index (χ2n) is 12.6. The third-order valence-electron chi connectivity index (χ3n) is 11.4. The van der Waals surface area contributed by atoms with E-state index in [0.717, 1.165) is 44.9 Å². The van der Waals surface area contributed by atoms with Crippen LogP contribution >= 0.6 is 0 Å². The van der Waals surface area contributed by atoms with E-state index >= 15 is 0 Å². The van der Waals surface area contributed by atoms with Crippen molar-refractivity contribution in [3.8, 4) is 0 Å². The molecule has 0 saturated heterocycles. The molecule has 0 spiro atoms. The van der Waals surface area contributed by atoms with Crippen LogP contribution in [0.5, 0.6) is 0 Å². The highest BCUT2D eigenvalue weighted by Gasteiger charge is 2.70. The molecule has 168 valence electrons. The van der Waals surface area contributed by atoms with Gasteiger partial charge in [-0.25, -0.2) is 0 Å². The molecule has 0 radical (unpaired) electrons. The molecule has 4 rings (SSSR count). The number of hydrogen-bond donors (Lipinski definition) is 3. The minimum absolute atomic E-state index is 0.116. The monoisotopic (exact) mass is 416 g/mol. The first kappa shape index (κ1) is 22.7. The van der Waals surface area contributed by atoms with E-state index in [-0.39, 0.29) is 28.7 Å². The molecule has 3 N–H and O–H groups in total. The lowest BCUT2D eigenvalue weighted by Gasteiger charge is -2.71. The van der Waals surface area contributed by atoms with Crippen molar-refractivity contribution in [3.63, 3.8) is 0 Å². The average Bonchev–Trinajstić information content (AvgIpc) is 3.00. The second-order valence-corrected chi connectivity index (χ2v) is 12.6. The summed E-state index contributed by atoms with van der Waals surface area (Å²) >= 11 is 0. The average molecular weight is 416 g/mol. The molecule has 0 aromatic rings. The van der Waals surface area contributed by atoms with E-state index in [0.29, 0.717) is 29.6 Å². The van der Waals surface area contributed by atoms with E-state index in [1.807, 2.05) is 0 Å². The lowest BCUT2D eigenvalue weighted by molar-refractivity contribution is -0.179. The van der Waals surface area contributed by atoms with Crippen LogP contribution in [0.25, 0.3) is 0 Å². The largest absolute Gasteiger partial charge is 0.481 e. The van der Waals surface area contributed by atoms with Crippen molar-refractivity contribution in [2.75, 3.05) is 0 Å². The van der Waals surface area contributed by atoms with Gasteiger partial charge < -0.3 is 15.3 Å². The lowest BCUT2D eigenvalue weighted by atomic mass is 9.27. The molecule has 30 heavy (non-hydrogen) atoms. The van der Waals surface area contributed by atoms with Gasteiger partial charge >= 0.3 is 5.97 Å². The maximum Gasteiger partial charge on any atom is 0.303 e. The molecule has 0 bridgehead atoms. The zero-order valence-electron chi connectivity index (χ0n) is 19.8. The summed E-state index contributed by atoms with van der Waals surface area (Å²) < 4.78 is 0. The summed E-state index contributed by atoms with van der Waals surface area (Å²) in [6, 6.07) is 0. The Kier molecular flexibility index (Phi) is 5.50. The fourth-order valence-corrected chi connectivity index (χ4v) is 9.73. The molecular weight excluding hydrogens is 374 g/mol. The first-order valence-electron chi connectivity index (χ1n) is 12.5. The Morgan fingerprint density at radius 3 is 2.37 bits per heavy atom. The zero-order valence-corrected chi connectivity index (χ0v) is 19.8. The van der Waals surface area contributed by atoms with E-state index in [1.165, 1.54) is 12.8 Å². The Morgan fingerprint density at radius 2 is 1.70 bits per heavy atom. The molecule has 4 fully saturated rings. The summed E-state index contributed by atoms with van der Waals surface area (Å²) in [4.78, 5) is 11.1. The van der Waals surface area contributed by atoms with Crippen molar-refractivity contribution in [3.05, 3.63) is 0 Å². The predicted octanol–water partition coefficient (Wildman–Crippen LogP) is 2.61. The highest BCUT2D eigenvalue weighted by atomic mass is 16.4. The molecule has 0 aromatic heterocycles. The van der Waals surface area contributed by atoms with E-state index in [1.54, 1.807) is 0 Å². The number of rotatable bonds is 4. The van der Waals surface area contributed by atoms with Gasteiger partial charge in [0.25, 0.3) is 0 Å². The van der Waals surface area contributed by atoms with Gasteiger partial charge in [0, 0.05) is 11.9 Å². The topological polar surface area (TPSA) is 77.8 Å². The summed E-state index contributed by atoms with van der Waals surface area (Å²) in [7, 11) is 4.49. The highest BCUT2D eigenvalue weighted by molar-refractivity contribution is 6.26. The molecule has 6 heteroatoms. The first-order valence-corrected chi connectivity index (χ1v) is 12.5. The van der Waals surface area contributed by atoms with E-state index < -0.39 is 11.5 Å². The van der Waals surface area contributed by atoms with E-state index in [4.69, 9.17) is 0 Å². The molecule has 4 aliphatic carbocycles. The van der Waals surface area contributed by atoms with Crippen LogP contribution in [0, 0.1) is 40.4 Å². The van der Waals surface area contributed by atoms with Crippen molar-refractivity contribution in [1.29, 1.82) is 0 Å². The number of aliphatic hydroxyl groups excluding tert-OH is 1. The lowest BCUT2D eigenvalue weighted by Crippen LogP contribution is -2.67. The minimum atomic E-state index is -0.718. The van der Waals surface area contributed by atoms with Crippen molar-refractivity contribution >= 4 is 21.7 Å². The van der Waals surface area contributed by atoms with Crippen molar-refractivity contribution in [2.45, 2.75) is 102 Å². The van der Waals surface area contributed by atoms with Crippen LogP contribution in [0.2, 0.25) is 5.31 Å². The molecule has 0 aromatic carbocycles. The number of fused-ring (bicyclic) bond motifs is 5. The Balaban J connectivity index is 1.67. The molecule has 10 atom stereocenters. The van der Waals surface area contributed by atoms with E-state index in [2.05, 4.69) is 36.5 Å². The summed E-state index contributed by atoms with van der Waals surface area (Å²) in [5.41, 5.74) is -0.320. The van der Waals surface area contributed by atoms with Gasteiger partial charge in [-0.1, -0.05) is 20.8 Å². The van der Waals surface area contributed by atoms with Crippen LogP contribution in [0.15, 0.2) is 0 Å². The van der Waals surface area contributed by atoms with Crippen molar-refractivity contribution < 1.29 is 20.1 Å². The van der Waals surface area contributed by atoms with Crippen LogP contribution < -0.4 is 0 Å². The van der Waals surface area contributed by atoms with Crippen LogP contribution in [0.3, 0.4) is 0 Å². The summed E-state index contributed by atoms with van der Waals surface area (Å²) in [5.74, 6) is 1.67. The third kappa shape index (κ3) is 3.06. The van der Waals surface area contributed by atoms with Gasteiger partial charge in [0.05, 0.1) is 6.10 Å². The maximum atomic E-state index is 12.0. The van der Waals surface area contributed by atoms with Gasteiger partial charge in [0.2, 0.25) is 0 Å². The Labute approximate surface area is 184 Å². The van der Waals surface area contributed by atoms with E-state index in [9.17, 15) is 20.1 Å². The van der Waals surface area contributed by atoms with Gasteiger partial charge in [-0.3, -0.25) is 4.79 Å². The molecule has 0 unspecified atom stereocenters. The van der Waals surface area contributed by atoms with Gasteiger partial charge in [-0.05, 0) is 104 Å². The molecule has 4 nitrogen and oxygen atoms in total. The SMILES string of the molecule is B[C@@]12[C@H](CC[C@]3(C)[C@@H]([C@H](C)CCC(=O)O)CC[C@H]31)[C@@]1(C)CC[C@@H](O)C[C@H]1C[C@@]2(B)O. The molecule has 0 aliphatic heterocycles. The molecule has 0 heterocycles. The number of carboxylic acid groups (broad SMARTS) is 1. The second kappa shape index (κ2) is 7.27. The maximum absolute atomic E-state index is 12.0. The molecule has 4 aliphatic rings. The molecule has 4 saturated carbocycles. The summed E-state index contributed by atoms with van der Waals surface area (Å²) in [6.45, 7) is 7.18. The molecule has 0 amide bonds. The normalized spacial score (nSPS) is 54.0. The van der Waals surface area contributed by atoms with Crippen LogP contribution in [0.1, 0.15) is 85.0 Å². The third-order valence-corrected chi connectivity index (χ3v) is 11.4. The van der Waals surface area contributed by atoms with Gasteiger partial charge in [0.15, 0.2) is 0 Å². The van der Waals surface area contributed by atoms with Crippen LogP contribution in [-0.4, -0.2) is 48.6 Å². The van der Waals surface area contributed by atoms with Crippen LogP contribution in [-0.2, 0) is 4.79 Å². The zero-order chi connectivity index (χ0) is 22.1. The number of carbonyl (C=O) groups is 1. The predicted molar refractivity (Wildman–Crippen MR) is 124 cm³/mol. The standard InChI is InChI=1S/C24H42B2O4/c1-14(4-7-20(28)29)17-5-6-18-22(17,3)11-9-19-21(2)10-8-16(27)12-15(21)13-23(25,30)24(18,19)26/h14-19,27,30H,4-13,25-26H2,1-3H3,(H,28,29)/t14-,15+,16-,17-,18-,19-,21+,22-,23-,24-/m1/s1. The summed E-state index contributed by atoms with van der Waals surface area (Å²) in [5, 5.41) is 31.4. The Bertz CT molecular complexity index is 699. The number of aliphatic carboxylic acids is 1. The summed E-state index contributed by atoms with van der Waals surface area (Å²) in [6.07, 6.45) is 9.12. The quantitative estimate of drug-likeness (QED) is 0.616. The van der Waals surface area contributed by atoms with Crippen molar-refractivity contribution in [2.24, 2.45) is 40.4 Å². The van der Waals surface area contributed by atoms with Gasteiger partial charge in [-0.15, -0.1) is 0 Å². The number of hydrogen-bond acceptors (Lipinski definition) is 3. The van der Waals surface area contributed by atoms with Gasteiger partial charge in [0.1, 0.15) is 15.7 Å². The first-order chi connectivity index (χ1) is 13.9. The highest BCUT2D eigenvalue weighted by Crippen LogP contribution is 2.76. The molecular formula is C24H42B2O4. The Morgan fingerprint density at radius 1 is 1.07 bits per heavy atom. The fourth-order valence-electron chi connectivity index (χ4n) is 9.73. The minimum Gasteiger partial charge on any atom is -0.481 e. The fraction of sp³-hybridized carbons (Fsp3) is 0.958. The number of carboxylic acids is 1.